The monoisotopic (exact) mass is 317 g/mol. The molecule has 0 aliphatic heterocycles. The number of ether oxygens (including phenoxy) is 1. The molecule has 1 aliphatic carbocycles. The van der Waals surface area contributed by atoms with Crippen LogP contribution < -0.4 is 0 Å². The van der Waals surface area contributed by atoms with Gasteiger partial charge in [-0.3, -0.25) is 9.69 Å². The van der Waals surface area contributed by atoms with Crippen LogP contribution in [0.4, 0.5) is 18.0 Å². The van der Waals surface area contributed by atoms with E-state index in [1.54, 1.807) is 30.3 Å². The van der Waals surface area contributed by atoms with Crippen LogP contribution in [-0.2, 0) is 16.1 Å². The average molecular weight is 317 g/mol. The molecule has 120 valence electrons. The molecule has 1 saturated carbocycles. The highest BCUT2D eigenvalue weighted by Crippen LogP contribution is 2.53. The average Bonchev–Trinajstić information content (AvgIpc) is 3.24. The number of aliphatic carboxylic acids is 1. The minimum Gasteiger partial charge on any atom is -0.480 e. The van der Waals surface area contributed by atoms with E-state index in [2.05, 4.69) is 0 Å². The zero-order chi connectivity index (χ0) is 16.4. The molecular weight excluding hydrogens is 303 g/mol. The molecule has 5 nitrogen and oxygen atoms in total. The van der Waals surface area contributed by atoms with Crippen molar-refractivity contribution in [1.82, 2.24) is 4.90 Å². The number of benzene rings is 1. The molecule has 0 atom stereocenters. The molecule has 22 heavy (non-hydrogen) atoms. The van der Waals surface area contributed by atoms with Crippen LogP contribution in [0.2, 0.25) is 0 Å². The summed E-state index contributed by atoms with van der Waals surface area (Å²) in [4.78, 5) is 23.0. The van der Waals surface area contributed by atoms with Gasteiger partial charge >= 0.3 is 18.2 Å². The summed E-state index contributed by atoms with van der Waals surface area (Å²) in [6.45, 7) is -1.27. The van der Waals surface area contributed by atoms with Gasteiger partial charge in [-0.15, -0.1) is 0 Å². The standard InChI is InChI=1S/C14H14F3NO4/c15-14(16,17)13(6-7-13)18(8-11(19)20)12(21)22-9-10-4-2-1-3-5-10/h1-5H,6-9H2,(H,19,20). The maximum atomic E-state index is 13.1. The van der Waals surface area contributed by atoms with E-state index in [-0.39, 0.29) is 24.3 Å². The number of carbonyl (C=O) groups is 2. The lowest BCUT2D eigenvalue weighted by Gasteiger charge is -2.31. The van der Waals surface area contributed by atoms with Crippen molar-refractivity contribution < 1.29 is 32.6 Å². The minimum absolute atomic E-state index is 0.219. The molecule has 0 bridgehead atoms. The second-order valence-electron chi connectivity index (χ2n) is 5.05. The van der Waals surface area contributed by atoms with Gasteiger partial charge < -0.3 is 9.84 Å². The molecular formula is C14H14F3NO4. The summed E-state index contributed by atoms with van der Waals surface area (Å²) in [5, 5.41) is 8.76. The Balaban J connectivity index is 2.09. The number of hydrogen-bond donors (Lipinski definition) is 1. The maximum Gasteiger partial charge on any atom is 0.411 e. The Morgan fingerprint density at radius 3 is 2.27 bits per heavy atom. The zero-order valence-corrected chi connectivity index (χ0v) is 11.5. The summed E-state index contributed by atoms with van der Waals surface area (Å²) in [5.74, 6) is -1.52. The Morgan fingerprint density at radius 1 is 1.23 bits per heavy atom. The van der Waals surface area contributed by atoms with Crippen LogP contribution >= 0.6 is 0 Å². The second kappa shape index (κ2) is 5.86. The number of alkyl halides is 3. The number of nitrogens with zero attached hydrogens (tertiary/aromatic N) is 1. The van der Waals surface area contributed by atoms with Gasteiger partial charge in [0.15, 0.2) is 0 Å². The van der Waals surface area contributed by atoms with E-state index in [4.69, 9.17) is 9.84 Å². The van der Waals surface area contributed by atoms with Crippen molar-refractivity contribution in [3.63, 3.8) is 0 Å². The summed E-state index contributed by atoms with van der Waals surface area (Å²) in [5.41, 5.74) is -1.82. The molecule has 8 heteroatoms. The predicted molar refractivity (Wildman–Crippen MR) is 69.0 cm³/mol. The quantitative estimate of drug-likeness (QED) is 0.907. The van der Waals surface area contributed by atoms with Crippen LogP contribution in [0.3, 0.4) is 0 Å². The van der Waals surface area contributed by atoms with Crippen molar-refractivity contribution in [2.75, 3.05) is 6.54 Å². The number of carboxylic acids is 1. The van der Waals surface area contributed by atoms with Gasteiger partial charge in [0.25, 0.3) is 0 Å². The lowest BCUT2D eigenvalue weighted by atomic mass is 10.2. The Hall–Kier alpha value is -2.25. The molecule has 1 aromatic rings. The van der Waals surface area contributed by atoms with Crippen LogP contribution in [-0.4, -0.2) is 40.3 Å². The summed E-state index contributed by atoms with van der Waals surface area (Å²) >= 11 is 0. The molecule has 1 aromatic carbocycles. The normalized spacial score (nSPS) is 16.0. The number of hydrogen-bond acceptors (Lipinski definition) is 3. The van der Waals surface area contributed by atoms with Crippen LogP contribution in [0, 0.1) is 0 Å². The molecule has 0 saturated heterocycles. The topological polar surface area (TPSA) is 66.8 Å². The van der Waals surface area contributed by atoms with Crippen LogP contribution in [0.1, 0.15) is 18.4 Å². The van der Waals surface area contributed by atoms with Gasteiger partial charge in [-0.1, -0.05) is 30.3 Å². The lowest BCUT2D eigenvalue weighted by Crippen LogP contribution is -2.53. The molecule has 0 radical (unpaired) electrons. The van der Waals surface area contributed by atoms with E-state index in [1.807, 2.05) is 0 Å². The van der Waals surface area contributed by atoms with E-state index >= 15 is 0 Å². The van der Waals surface area contributed by atoms with Gasteiger partial charge in [0, 0.05) is 0 Å². The van der Waals surface area contributed by atoms with Crippen molar-refractivity contribution in [3.8, 4) is 0 Å². The molecule has 0 spiro atoms. The summed E-state index contributed by atoms with van der Waals surface area (Å²) in [6.07, 6.45) is -6.59. The Kier molecular flexibility index (Phi) is 4.30. The molecule has 1 N–H and O–H groups in total. The van der Waals surface area contributed by atoms with Crippen LogP contribution in [0.15, 0.2) is 30.3 Å². The van der Waals surface area contributed by atoms with E-state index in [1.165, 1.54) is 0 Å². The fraction of sp³-hybridized carbons (Fsp3) is 0.429. The number of halogens is 3. The maximum absolute atomic E-state index is 13.1. The first-order valence-electron chi connectivity index (χ1n) is 6.53. The molecule has 0 aromatic heterocycles. The fourth-order valence-corrected chi connectivity index (χ4v) is 2.15. The largest absolute Gasteiger partial charge is 0.480 e. The van der Waals surface area contributed by atoms with Gasteiger partial charge in [0.05, 0.1) is 0 Å². The van der Waals surface area contributed by atoms with Crippen molar-refractivity contribution >= 4 is 12.1 Å². The smallest absolute Gasteiger partial charge is 0.411 e. The van der Waals surface area contributed by atoms with E-state index in [0.29, 0.717) is 5.56 Å². The third-order valence-corrected chi connectivity index (χ3v) is 3.49. The van der Waals surface area contributed by atoms with E-state index in [9.17, 15) is 22.8 Å². The Morgan fingerprint density at radius 2 is 1.82 bits per heavy atom. The Bertz CT molecular complexity index is 555. The van der Waals surface area contributed by atoms with Gasteiger partial charge in [-0.25, -0.2) is 4.79 Å². The van der Waals surface area contributed by atoms with Gasteiger partial charge in [-0.2, -0.15) is 13.2 Å². The summed E-state index contributed by atoms with van der Waals surface area (Å²) in [7, 11) is 0. The molecule has 1 fully saturated rings. The highest BCUT2D eigenvalue weighted by Gasteiger charge is 2.68. The number of rotatable bonds is 5. The first-order chi connectivity index (χ1) is 10.3. The summed E-state index contributed by atoms with van der Waals surface area (Å²) < 4.78 is 44.1. The fourth-order valence-electron chi connectivity index (χ4n) is 2.15. The third kappa shape index (κ3) is 3.32. The van der Waals surface area contributed by atoms with Crippen LogP contribution in [0.25, 0.3) is 0 Å². The van der Waals surface area contributed by atoms with Crippen molar-refractivity contribution in [3.05, 3.63) is 35.9 Å². The first kappa shape index (κ1) is 16.1. The molecule has 1 amide bonds. The minimum atomic E-state index is -4.69. The van der Waals surface area contributed by atoms with Crippen molar-refractivity contribution in [2.24, 2.45) is 0 Å². The zero-order valence-electron chi connectivity index (χ0n) is 11.5. The molecule has 1 aliphatic rings. The lowest BCUT2D eigenvalue weighted by molar-refractivity contribution is -0.193. The van der Waals surface area contributed by atoms with E-state index < -0.39 is 30.3 Å². The van der Waals surface area contributed by atoms with Crippen LogP contribution in [0.5, 0.6) is 0 Å². The molecule has 2 rings (SSSR count). The predicted octanol–water partition coefficient (Wildman–Crippen LogP) is 2.80. The Labute approximate surface area is 124 Å². The summed E-state index contributed by atoms with van der Waals surface area (Å²) in [6, 6.07) is 8.41. The SMILES string of the molecule is O=C(O)CN(C(=O)OCc1ccccc1)C1(C(F)(F)F)CC1. The number of carbonyl (C=O) groups excluding carboxylic acids is 1. The molecule has 0 heterocycles. The number of carboxylic acid groups (broad SMARTS) is 1. The molecule has 0 unspecified atom stereocenters. The highest BCUT2D eigenvalue weighted by molar-refractivity contribution is 5.78. The van der Waals surface area contributed by atoms with E-state index in [0.717, 1.165) is 0 Å². The van der Waals surface area contributed by atoms with Crippen molar-refractivity contribution in [1.29, 1.82) is 0 Å². The third-order valence-electron chi connectivity index (χ3n) is 3.49. The van der Waals surface area contributed by atoms with Gasteiger partial charge in [0.2, 0.25) is 0 Å². The van der Waals surface area contributed by atoms with Gasteiger partial charge in [-0.05, 0) is 18.4 Å². The van der Waals surface area contributed by atoms with Gasteiger partial charge in [0.1, 0.15) is 18.7 Å². The highest BCUT2D eigenvalue weighted by atomic mass is 19.4. The number of amides is 1. The van der Waals surface area contributed by atoms with Crippen molar-refractivity contribution in [2.45, 2.75) is 31.2 Å². The first-order valence-corrected chi connectivity index (χ1v) is 6.53. The second-order valence-corrected chi connectivity index (χ2v) is 5.05.